The summed E-state index contributed by atoms with van der Waals surface area (Å²) in [6, 6.07) is 7.55. The molecule has 1 unspecified atom stereocenters. The minimum atomic E-state index is 0.660. The zero-order chi connectivity index (χ0) is 14.5. The summed E-state index contributed by atoms with van der Waals surface area (Å²) in [5.74, 6) is 3.04. The van der Waals surface area contributed by atoms with E-state index < -0.39 is 0 Å². The number of nitrogens with one attached hydrogen (secondary N) is 1. The van der Waals surface area contributed by atoms with Gasteiger partial charge in [-0.15, -0.1) is 0 Å². The van der Waals surface area contributed by atoms with Crippen LogP contribution in [0.2, 0.25) is 0 Å². The summed E-state index contributed by atoms with van der Waals surface area (Å²) in [5, 5.41) is 7.81. The molecule has 1 aromatic carbocycles. The van der Waals surface area contributed by atoms with Gasteiger partial charge in [-0.1, -0.05) is 0 Å². The molecule has 1 saturated heterocycles. The van der Waals surface area contributed by atoms with Crippen molar-refractivity contribution in [1.82, 2.24) is 15.1 Å². The first-order valence-corrected chi connectivity index (χ1v) is 7.38. The summed E-state index contributed by atoms with van der Waals surface area (Å²) in [7, 11) is 1.65. The second-order valence-electron chi connectivity index (χ2n) is 5.39. The first kappa shape index (κ1) is 13.9. The average Bonchev–Trinajstić information content (AvgIpc) is 2.96. The Morgan fingerprint density at radius 3 is 2.76 bits per heavy atom. The topological polar surface area (TPSA) is 48.3 Å². The third-order valence-electron chi connectivity index (χ3n) is 3.75. The fraction of sp³-hybridized carbons (Fsp3) is 0.438. The van der Waals surface area contributed by atoms with Crippen LogP contribution >= 0.6 is 0 Å². The molecule has 2 heterocycles. The molecule has 0 radical (unpaired) electrons. The van der Waals surface area contributed by atoms with E-state index in [0.717, 1.165) is 36.9 Å². The molecule has 1 fully saturated rings. The van der Waals surface area contributed by atoms with Crippen LogP contribution in [0.15, 0.2) is 36.7 Å². The molecule has 21 heavy (non-hydrogen) atoms. The van der Waals surface area contributed by atoms with Crippen LogP contribution in [0, 0.1) is 5.92 Å². The van der Waals surface area contributed by atoms with Crippen LogP contribution in [0.1, 0.15) is 12.8 Å². The molecular weight excluding hydrogens is 266 g/mol. The van der Waals surface area contributed by atoms with Crippen molar-refractivity contribution in [2.24, 2.45) is 5.92 Å². The Bertz CT molecular complexity index is 559. The Morgan fingerprint density at radius 2 is 2.05 bits per heavy atom. The van der Waals surface area contributed by atoms with Crippen LogP contribution in [-0.2, 0) is 6.54 Å². The fourth-order valence-corrected chi connectivity index (χ4v) is 2.62. The van der Waals surface area contributed by atoms with Crippen molar-refractivity contribution in [3.8, 4) is 17.2 Å². The van der Waals surface area contributed by atoms with Crippen molar-refractivity contribution in [2.45, 2.75) is 19.4 Å². The molecule has 5 heteroatoms. The van der Waals surface area contributed by atoms with Crippen LogP contribution in [0.3, 0.4) is 0 Å². The number of ether oxygens (including phenoxy) is 2. The highest BCUT2D eigenvalue weighted by Gasteiger charge is 2.14. The molecule has 0 amide bonds. The van der Waals surface area contributed by atoms with Gasteiger partial charge in [-0.05, 0) is 56.1 Å². The van der Waals surface area contributed by atoms with Gasteiger partial charge >= 0.3 is 0 Å². The Kier molecular flexibility index (Phi) is 4.40. The highest BCUT2D eigenvalue weighted by atomic mass is 16.5. The SMILES string of the molecule is COc1ccc(Oc2cnn(CC3CCCNC3)c2)cc1. The van der Waals surface area contributed by atoms with E-state index in [1.165, 1.54) is 12.8 Å². The molecule has 1 atom stereocenters. The predicted octanol–water partition coefficient (Wildman–Crippen LogP) is 2.68. The Morgan fingerprint density at radius 1 is 1.24 bits per heavy atom. The van der Waals surface area contributed by atoms with E-state index >= 15 is 0 Å². The minimum Gasteiger partial charge on any atom is -0.497 e. The van der Waals surface area contributed by atoms with Gasteiger partial charge in [0.2, 0.25) is 0 Å². The fourth-order valence-electron chi connectivity index (χ4n) is 2.62. The predicted molar refractivity (Wildman–Crippen MR) is 80.9 cm³/mol. The van der Waals surface area contributed by atoms with Crippen LogP contribution in [0.4, 0.5) is 0 Å². The van der Waals surface area contributed by atoms with E-state index in [-0.39, 0.29) is 0 Å². The van der Waals surface area contributed by atoms with Crippen molar-refractivity contribution in [2.75, 3.05) is 20.2 Å². The first-order valence-electron chi connectivity index (χ1n) is 7.38. The third kappa shape index (κ3) is 3.76. The molecule has 0 bridgehead atoms. The number of methoxy groups -OCH3 is 1. The Hall–Kier alpha value is -2.01. The molecule has 1 aliphatic heterocycles. The van der Waals surface area contributed by atoms with E-state index in [9.17, 15) is 0 Å². The molecule has 0 spiro atoms. The quantitative estimate of drug-likeness (QED) is 0.918. The maximum atomic E-state index is 5.79. The molecule has 3 rings (SSSR count). The summed E-state index contributed by atoms with van der Waals surface area (Å²) in [6.45, 7) is 3.16. The Balaban J connectivity index is 1.58. The van der Waals surface area contributed by atoms with Gasteiger partial charge in [0.25, 0.3) is 0 Å². The summed E-state index contributed by atoms with van der Waals surface area (Å²) in [5.41, 5.74) is 0. The lowest BCUT2D eigenvalue weighted by Gasteiger charge is -2.22. The lowest BCUT2D eigenvalue weighted by atomic mass is 10.00. The summed E-state index contributed by atoms with van der Waals surface area (Å²) < 4.78 is 12.9. The first-order chi connectivity index (χ1) is 10.3. The zero-order valence-electron chi connectivity index (χ0n) is 12.3. The van der Waals surface area contributed by atoms with E-state index in [0.29, 0.717) is 5.92 Å². The standard InChI is InChI=1S/C16H21N3O2/c1-20-14-4-6-15(7-5-14)21-16-10-18-19(12-16)11-13-3-2-8-17-9-13/h4-7,10,12-13,17H,2-3,8-9,11H2,1H3. The summed E-state index contributed by atoms with van der Waals surface area (Å²) >= 11 is 0. The molecule has 1 aliphatic rings. The smallest absolute Gasteiger partial charge is 0.165 e. The van der Waals surface area contributed by atoms with Crippen molar-refractivity contribution >= 4 is 0 Å². The maximum Gasteiger partial charge on any atom is 0.165 e. The zero-order valence-corrected chi connectivity index (χ0v) is 12.3. The van der Waals surface area contributed by atoms with Crippen LogP contribution in [0.25, 0.3) is 0 Å². The highest BCUT2D eigenvalue weighted by molar-refractivity contribution is 5.34. The van der Waals surface area contributed by atoms with Crippen LogP contribution in [0.5, 0.6) is 17.2 Å². The summed E-state index contributed by atoms with van der Waals surface area (Å²) in [4.78, 5) is 0. The van der Waals surface area contributed by atoms with Gasteiger partial charge in [-0.3, -0.25) is 4.68 Å². The van der Waals surface area contributed by atoms with Crippen molar-refractivity contribution < 1.29 is 9.47 Å². The lowest BCUT2D eigenvalue weighted by Crippen LogP contribution is -2.32. The molecule has 5 nitrogen and oxygen atoms in total. The largest absolute Gasteiger partial charge is 0.497 e. The second-order valence-corrected chi connectivity index (χ2v) is 5.39. The van der Waals surface area contributed by atoms with Gasteiger partial charge in [-0.2, -0.15) is 5.10 Å². The van der Waals surface area contributed by atoms with Gasteiger partial charge in [0, 0.05) is 6.54 Å². The summed E-state index contributed by atoms with van der Waals surface area (Å²) in [6.07, 6.45) is 6.24. The number of rotatable bonds is 5. The molecule has 2 aromatic rings. The maximum absolute atomic E-state index is 5.79. The number of nitrogens with zero attached hydrogens (tertiary/aromatic N) is 2. The molecule has 1 aromatic heterocycles. The number of hydrogen-bond donors (Lipinski definition) is 1. The molecule has 112 valence electrons. The van der Waals surface area contributed by atoms with E-state index in [1.807, 2.05) is 35.1 Å². The van der Waals surface area contributed by atoms with Crippen molar-refractivity contribution in [3.05, 3.63) is 36.7 Å². The van der Waals surface area contributed by atoms with Crippen LogP contribution in [-0.4, -0.2) is 30.0 Å². The van der Waals surface area contributed by atoms with Crippen molar-refractivity contribution in [3.63, 3.8) is 0 Å². The highest BCUT2D eigenvalue weighted by Crippen LogP contribution is 2.23. The molecule has 1 N–H and O–H groups in total. The normalized spacial score (nSPS) is 18.4. The monoisotopic (exact) mass is 287 g/mol. The van der Waals surface area contributed by atoms with E-state index in [1.54, 1.807) is 13.3 Å². The number of aromatic nitrogens is 2. The molecular formula is C16H21N3O2. The number of benzene rings is 1. The third-order valence-corrected chi connectivity index (χ3v) is 3.75. The van der Waals surface area contributed by atoms with Gasteiger partial charge in [-0.25, -0.2) is 0 Å². The number of piperidine rings is 1. The minimum absolute atomic E-state index is 0.660. The van der Waals surface area contributed by atoms with E-state index in [4.69, 9.17) is 9.47 Å². The molecule has 0 aliphatic carbocycles. The molecule has 0 saturated carbocycles. The van der Waals surface area contributed by atoms with Gasteiger partial charge in [0.05, 0.1) is 19.5 Å². The van der Waals surface area contributed by atoms with E-state index in [2.05, 4.69) is 10.4 Å². The van der Waals surface area contributed by atoms with Crippen molar-refractivity contribution in [1.29, 1.82) is 0 Å². The Labute approximate surface area is 124 Å². The van der Waals surface area contributed by atoms with Crippen LogP contribution < -0.4 is 14.8 Å². The average molecular weight is 287 g/mol. The van der Waals surface area contributed by atoms with Gasteiger partial charge in [0.15, 0.2) is 5.75 Å². The van der Waals surface area contributed by atoms with Gasteiger partial charge in [0.1, 0.15) is 11.5 Å². The lowest BCUT2D eigenvalue weighted by molar-refractivity contribution is 0.325. The van der Waals surface area contributed by atoms with Gasteiger partial charge < -0.3 is 14.8 Å². The number of hydrogen-bond acceptors (Lipinski definition) is 4. The second kappa shape index (κ2) is 6.63.